The summed E-state index contributed by atoms with van der Waals surface area (Å²) in [5.74, 6) is 0.136. The summed E-state index contributed by atoms with van der Waals surface area (Å²) in [4.78, 5) is 15.9. The minimum atomic E-state index is 0.136. The molecule has 0 saturated carbocycles. The molecule has 0 spiro atoms. The van der Waals surface area contributed by atoms with Crippen LogP contribution in [0.2, 0.25) is 5.02 Å². The molecule has 4 nitrogen and oxygen atoms in total. The van der Waals surface area contributed by atoms with E-state index >= 15 is 0 Å². The Morgan fingerprint density at radius 1 is 1.04 bits per heavy atom. The highest BCUT2D eigenvalue weighted by molar-refractivity contribution is 6.30. The molecular formula is C20H25ClN3O+. The van der Waals surface area contributed by atoms with Gasteiger partial charge in [0.15, 0.2) is 6.54 Å². The summed E-state index contributed by atoms with van der Waals surface area (Å²) in [5, 5.41) is 3.77. The zero-order valence-corrected chi connectivity index (χ0v) is 15.1. The number of hydrogen-bond donors (Lipinski definition) is 2. The Kier molecular flexibility index (Phi) is 6.31. The fraction of sp³-hybridized carbons (Fsp3) is 0.350. The maximum Gasteiger partial charge on any atom is 0.275 e. The fourth-order valence-electron chi connectivity index (χ4n) is 3.18. The van der Waals surface area contributed by atoms with Gasteiger partial charge in [-0.25, -0.2) is 0 Å². The molecule has 5 heteroatoms. The van der Waals surface area contributed by atoms with E-state index in [4.69, 9.17) is 11.6 Å². The fourth-order valence-corrected chi connectivity index (χ4v) is 3.31. The van der Waals surface area contributed by atoms with Crippen molar-refractivity contribution in [1.82, 2.24) is 5.32 Å². The van der Waals surface area contributed by atoms with Crippen LogP contribution in [0.5, 0.6) is 0 Å². The van der Waals surface area contributed by atoms with E-state index in [9.17, 15) is 4.79 Å². The lowest BCUT2D eigenvalue weighted by Crippen LogP contribution is -3.16. The first-order valence-corrected chi connectivity index (χ1v) is 9.23. The number of carbonyl (C=O) groups is 1. The monoisotopic (exact) mass is 358 g/mol. The predicted octanol–water partition coefficient (Wildman–Crippen LogP) is 1.40. The zero-order valence-electron chi connectivity index (χ0n) is 14.4. The van der Waals surface area contributed by atoms with Crippen molar-refractivity contribution in [3.63, 3.8) is 0 Å². The van der Waals surface area contributed by atoms with Crippen molar-refractivity contribution < 1.29 is 9.69 Å². The number of hydrogen-bond acceptors (Lipinski definition) is 2. The third-order valence-electron chi connectivity index (χ3n) is 4.65. The topological polar surface area (TPSA) is 36.8 Å². The summed E-state index contributed by atoms with van der Waals surface area (Å²) in [6, 6.07) is 18.3. The van der Waals surface area contributed by atoms with Crippen LogP contribution in [0.4, 0.5) is 5.69 Å². The van der Waals surface area contributed by atoms with Crippen LogP contribution in [-0.4, -0.2) is 45.2 Å². The largest absolute Gasteiger partial charge is 0.360 e. The molecule has 1 heterocycles. The molecule has 2 aromatic rings. The molecule has 25 heavy (non-hydrogen) atoms. The summed E-state index contributed by atoms with van der Waals surface area (Å²) in [6.45, 7) is 5.22. The highest BCUT2D eigenvalue weighted by Crippen LogP contribution is 2.12. The predicted molar refractivity (Wildman–Crippen MR) is 102 cm³/mol. The smallest absolute Gasteiger partial charge is 0.275 e. The van der Waals surface area contributed by atoms with Gasteiger partial charge in [0.1, 0.15) is 0 Å². The molecule has 0 bridgehead atoms. The quantitative estimate of drug-likeness (QED) is 0.819. The summed E-state index contributed by atoms with van der Waals surface area (Å²) >= 11 is 5.88. The molecular weight excluding hydrogens is 334 g/mol. The number of benzene rings is 2. The van der Waals surface area contributed by atoms with Gasteiger partial charge in [-0.3, -0.25) is 4.79 Å². The molecule has 132 valence electrons. The van der Waals surface area contributed by atoms with Crippen LogP contribution < -0.4 is 15.1 Å². The molecule has 3 rings (SSSR count). The third kappa shape index (κ3) is 5.48. The van der Waals surface area contributed by atoms with Crippen molar-refractivity contribution in [2.75, 3.05) is 44.2 Å². The van der Waals surface area contributed by atoms with Crippen molar-refractivity contribution in [3.05, 3.63) is 65.2 Å². The number of amides is 1. The van der Waals surface area contributed by atoms with Gasteiger partial charge in [0.25, 0.3) is 5.91 Å². The van der Waals surface area contributed by atoms with Gasteiger partial charge in [-0.2, -0.15) is 0 Å². The van der Waals surface area contributed by atoms with Crippen LogP contribution in [0.3, 0.4) is 0 Å². The number of carbonyl (C=O) groups excluding carboxylic acids is 1. The van der Waals surface area contributed by atoms with Gasteiger partial charge in [0, 0.05) is 17.3 Å². The summed E-state index contributed by atoms with van der Waals surface area (Å²) in [6.07, 6.45) is 0.833. The van der Waals surface area contributed by atoms with Crippen molar-refractivity contribution in [2.45, 2.75) is 6.42 Å². The molecule has 0 aliphatic carbocycles. The first-order valence-electron chi connectivity index (χ1n) is 8.85. The van der Waals surface area contributed by atoms with E-state index in [0.29, 0.717) is 13.1 Å². The summed E-state index contributed by atoms with van der Waals surface area (Å²) < 4.78 is 0. The minimum absolute atomic E-state index is 0.136. The molecule has 1 aliphatic heterocycles. The lowest BCUT2D eigenvalue weighted by atomic mass is 10.1. The number of rotatable bonds is 6. The molecule has 1 amide bonds. The second-order valence-corrected chi connectivity index (χ2v) is 6.91. The van der Waals surface area contributed by atoms with Gasteiger partial charge >= 0.3 is 0 Å². The summed E-state index contributed by atoms with van der Waals surface area (Å²) in [5.41, 5.74) is 2.46. The second kappa shape index (κ2) is 8.88. The number of para-hydroxylation sites is 1. The minimum Gasteiger partial charge on any atom is -0.360 e. The Morgan fingerprint density at radius 3 is 2.40 bits per heavy atom. The van der Waals surface area contributed by atoms with Crippen LogP contribution in [-0.2, 0) is 11.2 Å². The molecule has 0 unspecified atom stereocenters. The standard InChI is InChI=1S/C20H24ClN3O/c21-18-8-6-17(7-9-18)10-11-22-20(25)16-23-12-14-24(15-13-23)19-4-2-1-3-5-19/h1-9H,10-16H2,(H,22,25)/p+1. The van der Waals surface area contributed by atoms with E-state index in [-0.39, 0.29) is 5.91 Å². The van der Waals surface area contributed by atoms with Gasteiger partial charge in [-0.1, -0.05) is 41.9 Å². The molecule has 1 fully saturated rings. The maximum absolute atomic E-state index is 12.1. The Morgan fingerprint density at radius 2 is 1.72 bits per heavy atom. The number of piperazine rings is 1. The third-order valence-corrected chi connectivity index (χ3v) is 4.90. The Labute approximate surface area is 154 Å². The maximum atomic E-state index is 12.1. The normalized spacial score (nSPS) is 15.2. The van der Waals surface area contributed by atoms with Gasteiger partial charge in [0.2, 0.25) is 0 Å². The molecule has 2 aromatic carbocycles. The van der Waals surface area contributed by atoms with Crippen molar-refractivity contribution in [2.24, 2.45) is 0 Å². The van der Waals surface area contributed by atoms with E-state index < -0.39 is 0 Å². The van der Waals surface area contributed by atoms with Crippen molar-refractivity contribution in [1.29, 1.82) is 0 Å². The van der Waals surface area contributed by atoms with Crippen molar-refractivity contribution >= 4 is 23.2 Å². The first kappa shape index (κ1) is 17.8. The van der Waals surface area contributed by atoms with Gasteiger partial charge in [-0.15, -0.1) is 0 Å². The SMILES string of the molecule is O=C(C[NH+]1CCN(c2ccccc2)CC1)NCCc1ccc(Cl)cc1. The highest BCUT2D eigenvalue weighted by Gasteiger charge is 2.21. The Hall–Kier alpha value is -2.04. The van der Waals surface area contributed by atoms with E-state index in [1.54, 1.807) is 0 Å². The van der Waals surface area contributed by atoms with E-state index in [1.807, 2.05) is 30.3 Å². The number of quaternary nitrogens is 1. The number of anilines is 1. The van der Waals surface area contributed by atoms with Gasteiger partial charge < -0.3 is 15.1 Å². The zero-order chi connectivity index (χ0) is 17.5. The molecule has 0 atom stereocenters. The Balaban J connectivity index is 1.35. The number of nitrogens with zero attached hydrogens (tertiary/aromatic N) is 1. The average Bonchev–Trinajstić information content (AvgIpc) is 2.65. The Bertz CT molecular complexity index is 667. The van der Waals surface area contributed by atoms with Crippen LogP contribution in [0, 0.1) is 0 Å². The second-order valence-electron chi connectivity index (χ2n) is 6.48. The van der Waals surface area contributed by atoms with E-state index in [2.05, 4.69) is 34.5 Å². The van der Waals surface area contributed by atoms with E-state index in [0.717, 1.165) is 37.6 Å². The van der Waals surface area contributed by atoms with Crippen LogP contribution >= 0.6 is 11.6 Å². The lowest BCUT2D eigenvalue weighted by molar-refractivity contribution is -0.892. The lowest BCUT2D eigenvalue weighted by Gasteiger charge is -2.33. The van der Waals surface area contributed by atoms with Gasteiger partial charge in [0.05, 0.1) is 26.2 Å². The first-order chi connectivity index (χ1) is 12.2. The van der Waals surface area contributed by atoms with Crippen LogP contribution in [0.15, 0.2) is 54.6 Å². The highest BCUT2D eigenvalue weighted by atomic mass is 35.5. The molecule has 0 radical (unpaired) electrons. The van der Waals surface area contributed by atoms with Crippen LogP contribution in [0.1, 0.15) is 5.56 Å². The molecule has 1 aliphatic rings. The molecule has 0 aromatic heterocycles. The van der Waals surface area contributed by atoms with Crippen molar-refractivity contribution in [3.8, 4) is 0 Å². The average molecular weight is 359 g/mol. The van der Waals surface area contributed by atoms with E-state index in [1.165, 1.54) is 16.2 Å². The van der Waals surface area contributed by atoms with Gasteiger partial charge in [-0.05, 0) is 36.2 Å². The molecule has 2 N–H and O–H groups in total. The summed E-state index contributed by atoms with van der Waals surface area (Å²) in [7, 11) is 0. The number of nitrogens with one attached hydrogen (secondary N) is 2. The van der Waals surface area contributed by atoms with Crippen LogP contribution in [0.25, 0.3) is 0 Å². The number of halogens is 1. The molecule has 1 saturated heterocycles.